The standard InChI is InChI=1S/C49H76N6O12/c1-49(2,3)67-48(59)51-25-16-26-55-33-35(53-54-55)17-10-8-6-7-9-11-19-39-27-37-20-14-21-38(63-37)28-40(60-4)29-41-30-42(31-43(64-41)32-46(57)65-39)66-45(56)23-13-12-18-36-34-62-44(52-36)22-15-24-50-47(58)61-5/h13,15,22-23,33-34,37-43H,6-12,14,16-21,24-32H2,1-5H3,(H,50,58)(H,51,59)/t37-,38?,39-,40+,41?,42+,43-/m0/s1. The van der Waals surface area contributed by atoms with Gasteiger partial charge in [-0.2, -0.15) is 0 Å². The van der Waals surface area contributed by atoms with Crippen LogP contribution < -0.4 is 10.6 Å². The first-order valence-corrected chi connectivity index (χ1v) is 24.5. The molecule has 4 bridgehead atoms. The number of aryl methyl sites for hydroxylation is 3. The number of amides is 2. The molecule has 7 atom stereocenters. The molecule has 374 valence electrons. The number of hydrogen-bond acceptors (Lipinski definition) is 15. The molecule has 5 heterocycles. The number of allylic oxidation sites excluding steroid dienone is 1. The number of methoxy groups -OCH3 is 2. The fraction of sp³-hybridized carbons (Fsp3) is 0.735. The molecule has 3 aliphatic rings. The minimum absolute atomic E-state index is 0.0372. The van der Waals surface area contributed by atoms with Gasteiger partial charge in [0.25, 0.3) is 0 Å². The molecule has 5 rings (SSSR count). The van der Waals surface area contributed by atoms with E-state index in [-0.39, 0.29) is 49.5 Å². The second kappa shape index (κ2) is 28.5. The Morgan fingerprint density at radius 2 is 1.57 bits per heavy atom. The van der Waals surface area contributed by atoms with E-state index >= 15 is 0 Å². The van der Waals surface area contributed by atoms with E-state index in [1.54, 1.807) is 31.6 Å². The highest BCUT2D eigenvalue weighted by Crippen LogP contribution is 2.33. The summed E-state index contributed by atoms with van der Waals surface area (Å²) in [5, 5.41) is 13.9. The molecule has 2 N–H and O–H groups in total. The lowest BCUT2D eigenvalue weighted by Gasteiger charge is -2.38. The highest BCUT2D eigenvalue weighted by atomic mass is 16.6. The topological polar surface area (TPSA) is 214 Å². The first kappa shape index (κ1) is 53.1. The number of aromatic nitrogens is 4. The van der Waals surface area contributed by atoms with Crippen molar-refractivity contribution in [3.8, 4) is 0 Å². The largest absolute Gasteiger partial charge is 0.462 e. The number of ether oxygens (including phenoxy) is 7. The summed E-state index contributed by atoms with van der Waals surface area (Å²) in [6.45, 7) is 6.98. The maximum atomic E-state index is 13.6. The van der Waals surface area contributed by atoms with Gasteiger partial charge in [-0.3, -0.25) is 9.48 Å². The molecule has 0 spiro atoms. The number of carbonyl (C=O) groups is 4. The smallest absolute Gasteiger partial charge is 0.407 e. The highest BCUT2D eigenvalue weighted by Gasteiger charge is 2.37. The zero-order chi connectivity index (χ0) is 47.9. The molecule has 0 aliphatic carbocycles. The van der Waals surface area contributed by atoms with Crippen molar-refractivity contribution in [1.82, 2.24) is 30.6 Å². The maximum Gasteiger partial charge on any atom is 0.407 e. The third kappa shape index (κ3) is 21.4. The summed E-state index contributed by atoms with van der Waals surface area (Å²) in [5.74, 6) is -0.337. The first-order chi connectivity index (χ1) is 32.3. The Labute approximate surface area is 395 Å². The van der Waals surface area contributed by atoms with Gasteiger partial charge in [0.15, 0.2) is 0 Å². The van der Waals surface area contributed by atoms with Crippen LogP contribution in [0.25, 0.3) is 6.08 Å². The number of cyclic esters (lactones) is 1. The second-order valence-electron chi connectivity index (χ2n) is 18.9. The van der Waals surface area contributed by atoms with E-state index < -0.39 is 36.0 Å². The molecule has 18 heteroatoms. The Bertz CT molecular complexity index is 1860. The molecular weight excluding hydrogens is 865 g/mol. The van der Waals surface area contributed by atoms with E-state index in [2.05, 4.69) is 30.7 Å². The third-order valence-corrected chi connectivity index (χ3v) is 12.0. The third-order valence-electron chi connectivity index (χ3n) is 12.0. The predicted molar refractivity (Wildman–Crippen MR) is 248 cm³/mol. The van der Waals surface area contributed by atoms with Crippen LogP contribution in [0, 0.1) is 0 Å². The average molecular weight is 941 g/mol. The maximum absolute atomic E-state index is 13.6. The summed E-state index contributed by atoms with van der Waals surface area (Å²) in [7, 11) is 3.02. The van der Waals surface area contributed by atoms with E-state index in [0.29, 0.717) is 57.5 Å². The molecule has 0 saturated carbocycles. The lowest BCUT2D eigenvalue weighted by atomic mass is 9.91. The molecule has 3 saturated heterocycles. The van der Waals surface area contributed by atoms with Gasteiger partial charge in [-0.15, -0.1) is 5.10 Å². The number of rotatable bonds is 22. The van der Waals surface area contributed by atoms with Gasteiger partial charge in [0, 0.05) is 58.3 Å². The summed E-state index contributed by atoms with van der Waals surface area (Å²) in [6.07, 6.45) is 23.6. The average Bonchev–Trinajstić information content (AvgIpc) is 3.94. The van der Waals surface area contributed by atoms with Gasteiger partial charge >= 0.3 is 24.1 Å². The van der Waals surface area contributed by atoms with Crippen molar-refractivity contribution in [2.75, 3.05) is 27.3 Å². The molecule has 0 aromatic carbocycles. The SMILES string of the molecule is COC(=O)NCC=Cc1nc(CCC=CC(=O)O[C@@H]2CC3C[C@H](OC)CC4CCC[C@@H](C[C@H](CCCCCCCCc5cn(CCCNC(=O)OC(C)(C)C)nn5)OC(=O)C[C@H](C2)O3)O4)co1. The molecule has 2 amide bonds. The van der Waals surface area contributed by atoms with E-state index in [4.69, 9.17) is 32.8 Å². The molecule has 2 aromatic heterocycles. The zero-order valence-electron chi connectivity index (χ0n) is 40.5. The number of fused-ring (bicyclic) bond motifs is 4. The number of esters is 2. The van der Waals surface area contributed by atoms with Crippen LogP contribution in [0.5, 0.6) is 0 Å². The lowest BCUT2D eigenvalue weighted by molar-refractivity contribution is -0.171. The number of oxazole rings is 1. The normalized spacial score (nSPS) is 23.9. The molecule has 67 heavy (non-hydrogen) atoms. The number of carbonyl (C=O) groups excluding carboxylic acids is 4. The minimum atomic E-state index is -0.522. The quantitative estimate of drug-likeness (QED) is 0.0497. The Morgan fingerprint density at radius 3 is 2.36 bits per heavy atom. The van der Waals surface area contributed by atoms with E-state index in [0.717, 1.165) is 94.9 Å². The van der Waals surface area contributed by atoms with Gasteiger partial charge in [0.1, 0.15) is 24.1 Å². The predicted octanol–water partition coefficient (Wildman–Crippen LogP) is 7.91. The Balaban J connectivity index is 1.03. The highest BCUT2D eigenvalue weighted by molar-refractivity contribution is 5.82. The number of nitrogens with one attached hydrogen (secondary N) is 2. The van der Waals surface area contributed by atoms with Gasteiger partial charge < -0.3 is 48.2 Å². The number of alkyl carbamates (subject to hydrolysis) is 2. The molecule has 3 aliphatic heterocycles. The van der Waals surface area contributed by atoms with Gasteiger partial charge in [0.05, 0.1) is 55.4 Å². The molecular formula is C49H76N6O12. The van der Waals surface area contributed by atoms with Crippen LogP contribution in [0.3, 0.4) is 0 Å². The summed E-state index contributed by atoms with van der Waals surface area (Å²) in [4.78, 5) is 54.0. The Kier molecular flexibility index (Phi) is 22.6. The van der Waals surface area contributed by atoms with Crippen LogP contribution in [0.2, 0.25) is 0 Å². The van der Waals surface area contributed by atoms with E-state index in [1.165, 1.54) is 13.2 Å². The zero-order valence-corrected chi connectivity index (χ0v) is 40.5. The van der Waals surface area contributed by atoms with Gasteiger partial charge in [-0.05, 0) is 104 Å². The second-order valence-corrected chi connectivity index (χ2v) is 18.9. The summed E-state index contributed by atoms with van der Waals surface area (Å²) < 4.78 is 48.4. The molecule has 2 aromatic rings. The van der Waals surface area contributed by atoms with Crippen LogP contribution in [0.1, 0.15) is 154 Å². The minimum Gasteiger partial charge on any atom is -0.462 e. The van der Waals surface area contributed by atoms with Crippen LogP contribution in [-0.2, 0) is 62.1 Å². The Morgan fingerprint density at radius 1 is 0.836 bits per heavy atom. The lowest BCUT2D eigenvalue weighted by Crippen LogP contribution is -2.42. The monoisotopic (exact) mass is 941 g/mol. The molecule has 18 nitrogen and oxygen atoms in total. The van der Waals surface area contributed by atoms with E-state index in [9.17, 15) is 19.2 Å². The van der Waals surface area contributed by atoms with Crippen LogP contribution >= 0.6 is 0 Å². The molecule has 2 unspecified atom stereocenters. The molecule has 0 radical (unpaired) electrons. The van der Waals surface area contributed by atoms with Crippen molar-refractivity contribution in [3.05, 3.63) is 48.0 Å². The summed E-state index contributed by atoms with van der Waals surface area (Å²) >= 11 is 0. The van der Waals surface area contributed by atoms with Gasteiger partial charge in [-0.1, -0.05) is 43.0 Å². The van der Waals surface area contributed by atoms with Crippen molar-refractivity contribution >= 4 is 30.2 Å². The fourth-order valence-electron chi connectivity index (χ4n) is 8.78. The van der Waals surface area contributed by atoms with Crippen molar-refractivity contribution in [2.24, 2.45) is 0 Å². The van der Waals surface area contributed by atoms with Crippen LogP contribution in [0.15, 0.2) is 35.1 Å². The van der Waals surface area contributed by atoms with Crippen molar-refractivity contribution < 1.29 is 56.8 Å². The fourth-order valence-corrected chi connectivity index (χ4v) is 8.78. The number of hydrogen-bond donors (Lipinski definition) is 2. The summed E-state index contributed by atoms with van der Waals surface area (Å²) in [5.41, 5.74) is 1.19. The van der Waals surface area contributed by atoms with Crippen LogP contribution in [0.4, 0.5) is 9.59 Å². The Hall–Kier alpha value is -4.81. The van der Waals surface area contributed by atoms with Gasteiger partial charge in [0.2, 0.25) is 5.89 Å². The van der Waals surface area contributed by atoms with Crippen molar-refractivity contribution in [1.29, 1.82) is 0 Å². The van der Waals surface area contributed by atoms with Crippen molar-refractivity contribution in [3.63, 3.8) is 0 Å². The number of unbranched alkanes of at least 4 members (excludes halogenated alkanes) is 5. The number of nitrogens with zero attached hydrogens (tertiary/aromatic N) is 4. The van der Waals surface area contributed by atoms with Gasteiger partial charge in [-0.25, -0.2) is 19.4 Å². The van der Waals surface area contributed by atoms with E-state index in [1.807, 2.05) is 31.6 Å². The van der Waals surface area contributed by atoms with Crippen molar-refractivity contribution in [2.45, 2.75) is 204 Å². The van der Waals surface area contributed by atoms with Crippen LogP contribution in [-0.4, -0.2) is 120 Å². The first-order valence-electron chi connectivity index (χ1n) is 24.5. The molecule has 3 fully saturated rings. The summed E-state index contributed by atoms with van der Waals surface area (Å²) in [6, 6.07) is 0.